The van der Waals surface area contributed by atoms with Gasteiger partial charge < -0.3 is 15.5 Å². The van der Waals surface area contributed by atoms with Gasteiger partial charge in [-0.25, -0.2) is 0 Å². The van der Waals surface area contributed by atoms with E-state index in [0.29, 0.717) is 5.92 Å². The van der Waals surface area contributed by atoms with E-state index in [1.165, 1.54) is 23.2 Å². The Morgan fingerprint density at radius 2 is 1.96 bits per heavy atom. The summed E-state index contributed by atoms with van der Waals surface area (Å²) in [5.41, 5.74) is 3.89. The largest absolute Gasteiger partial charge is 0.371 e. The minimum Gasteiger partial charge on any atom is -0.371 e. The van der Waals surface area contributed by atoms with Crippen molar-refractivity contribution in [1.29, 1.82) is 0 Å². The Balaban J connectivity index is 1.44. The zero-order valence-electron chi connectivity index (χ0n) is 15.2. The van der Waals surface area contributed by atoms with E-state index in [1.807, 2.05) is 7.05 Å². The molecule has 0 spiro atoms. The maximum atomic E-state index is 4.34. The molecular formula is C21H28N4. The van der Waals surface area contributed by atoms with Gasteiger partial charge in [-0.1, -0.05) is 48.0 Å². The van der Waals surface area contributed by atoms with Crippen LogP contribution in [0.2, 0.25) is 0 Å². The van der Waals surface area contributed by atoms with Gasteiger partial charge in [0, 0.05) is 38.9 Å². The summed E-state index contributed by atoms with van der Waals surface area (Å²) in [6, 6.07) is 19.2. The fraction of sp³-hybridized carbons (Fsp3) is 0.381. The third-order valence-electron chi connectivity index (χ3n) is 4.73. The molecule has 0 radical (unpaired) electrons. The van der Waals surface area contributed by atoms with Gasteiger partial charge in [-0.15, -0.1) is 0 Å². The minimum absolute atomic E-state index is 0.651. The second-order valence-corrected chi connectivity index (χ2v) is 6.73. The number of aryl methyl sites for hydroxylation is 1. The van der Waals surface area contributed by atoms with Crippen LogP contribution in [-0.4, -0.2) is 32.6 Å². The molecule has 1 atom stereocenters. The smallest absolute Gasteiger partial charge is 0.191 e. The van der Waals surface area contributed by atoms with Gasteiger partial charge in [0.05, 0.1) is 0 Å². The lowest BCUT2D eigenvalue weighted by Gasteiger charge is -2.19. The maximum Gasteiger partial charge on any atom is 0.191 e. The quantitative estimate of drug-likeness (QED) is 0.651. The lowest BCUT2D eigenvalue weighted by molar-refractivity contribution is 0.565. The molecule has 1 fully saturated rings. The van der Waals surface area contributed by atoms with E-state index >= 15 is 0 Å². The number of para-hydroxylation sites is 1. The molecule has 0 bridgehead atoms. The van der Waals surface area contributed by atoms with Crippen molar-refractivity contribution in [2.24, 2.45) is 10.9 Å². The van der Waals surface area contributed by atoms with Crippen LogP contribution in [0.15, 0.2) is 59.6 Å². The minimum atomic E-state index is 0.651. The summed E-state index contributed by atoms with van der Waals surface area (Å²) in [5, 5.41) is 6.89. The molecule has 2 N–H and O–H groups in total. The first-order chi connectivity index (χ1) is 12.2. The Hall–Kier alpha value is -2.49. The highest BCUT2D eigenvalue weighted by Gasteiger charge is 2.22. The SMILES string of the molecule is CN=C(NCc1cccc(C)c1)NCC1CCN(c2ccccc2)C1. The van der Waals surface area contributed by atoms with Crippen molar-refractivity contribution in [2.75, 3.05) is 31.6 Å². The van der Waals surface area contributed by atoms with E-state index in [1.54, 1.807) is 0 Å². The number of aliphatic imine (C=N–C) groups is 1. The zero-order valence-corrected chi connectivity index (χ0v) is 15.2. The predicted molar refractivity (Wildman–Crippen MR) is 106 cm³/mol. The standard InChI is InChI=1S/C21H28N4/c1-17-7-6-8-18(13-17)14-23-21(22-2)24-15-19-11-12-25(16-19)20-9-4-3-5-10-20/h3-10,13,19H,11-12,14-16H2,1-2H3,(H2,22,23,24). The van der Waals surface area contributed by atoms with Gasteiger partial charge in [-0.05, 0) is 37.0 Å². The molecule has 1 heterocycles. The van der Waals surface area contributed by atoms with Crippen molar-refractivity contribution in [3.8, 4) is 0 Å². The molecule has 25 heavy (non-hydrogen) atoms. The summed E-state index contributed by atoms with van der Waals surface area (Å²) in [4.78, 5) is 6.81. The first-order valence-corrected chi connectivity index (χ1v) is 9.04. The van der Waals surface area contributed by atoms with Gasteiger partial charge in [0.25, 0.3) is 0 Å². The van der Waals surface area contributed by atoms with Crippen molar-refractivity contribution in [2.45, 2.75) is 19.9 Å². The third-order valence-corrected chi connectivity index (χ3v) is 4.73. The molecule has 1 saturated heterocycles. The molecule has 4 heteroatoms. The fourth-order valence-corrected chi connectivity index (χ4v) is 3.34. The third kappa shape index (κ3) is 4.99. The monoisotopic (exact) mass is 336 g/mol. The molecular weight excluding hydrogens is 308 g/mol. The van der Waals surface area contributed by atoms with Crippen molar-refractivity contribution in [1.82, 2.24) is 10.6 Å². The Labute approximate surface area is 151 Å². The van der Waals surface area contributed by atoms with Crippen LogP contribution in [-0.2, 0) is 6.54 Å². The highest BCUT2D eigenvalue weighted by atomic mass is 15.2. The second kappa shape index (κ2) is 8.56. The zero-order chi connectivity index (χ0) is 17.5. The number of hydrogen-bond donors (Lipinski definition) is 2. The summed E-state index contributed by atoms with van der Waals surface area (Å²) in [5.74, 6) is 1.53. The van der Waals surface area contributed by atoms with E-state index in [9.17, 15) is 0 Å². The Morgan fingerprint density at radius 3 is 2.72 bits per heavy atom. The van der Waals surface area contributed by atoms with Gasteiger partial charge in [-0.2, -0.15) is 0 Å². The molecule has 4 nitrogen and oxygen atoms in total. The van der Waals surface area contributed by atoms with Gasteiger partial charge in [-0.3, -0.25) is 4.99 Å². The summed E-state index contributed by atoms with van der Waals surface area (Å²) in [6.45, 7) is 6.10. The van der Waals surface area contributed by atoms with E-state index in [2.05, 4.69) is 82.0 Å². The molecule has 1 aliphatic heterocycles. The number of hydrogen-bond acceptors (Lipinski definition) is 2. The molecule has 2 aromatic carbocycles. The highest BCUT2D eigenvalue weighted by molar-refractivity contribution is 5.79. The number of rotatable bonds is 5. The van der Waals surface area contributed by atoms with Crippen LogP contribution in [0.1, 0.15) is 17.5 Å². The molecule has 2 aromatic rings. The predicted octanol–water partition coefficient (Wildman–Crippen LogP) is 3.19. The normalized spacial score (nSPS) is 17.6. The summed E-state index contributed by atoms with van der Waals surface area (Å²) in [6.07, 6.45) is 1.22. The van der Waals surface area contributed by atoms with Crippen LogP contribution < -0.4 is 15.5 Å². The van der Waals surface area contributed by atoms with E-state index in [-0.39, 0.29) is 0 Å². The number of guanidine groups is 1. The van der Waals surface area contributed by atoms with Crippen LogP contribution in [0.5, 0.6) is 0 Å². The van der Waals surface area contributed by atoms with Gasteiger partial charge in [0.1, 0.15) is 0 Å². The summed E-state index contributed by atoms with van der Waals surface area (Å²) in [7, 11) is 1.83. The van der Waals surface area contributed by atoms with E-state index in [0.717, 1.165) is 32.1 Å². The maximum absolute atomic E-state index is 4.34. The number of nitrogens with one attached hydrogen (secondary N) is 2. The van der Waals surface area contributed by atoms with Gasteiger partial charge >= 0.3 is 0 Å². The number of anilines is 1. The average molecular weight is 336 g/mol. The van der Waals surface area contributed by atoms with Crippen LogP contribution in [0, 0.1) is 12.8 Å². The van der Waals surface area contributed by atoms with Gasteiger partial charge in [0.2, 0.25) is 0 Å². The first kappa shape index (κ1) is 17.3. The van der Waals surface area contributed by atoms with E-state index in [4.69, 9.17) is 0 Å². The lowest BCUT2D eigenvalue weighted by Crippen LogP contribution is -2.39. The average Bonchev–Trinajstić information content (AvgIpc) is 3.12. The fourth-order valence-electron chi connectivity index (χ4n) is 3.34. The van der Waals surface area contributed by atoms with E-state index < -0.39 is 0 Å². The molecule has 3 rings (SSSR count). The molecule has 1 aliphatic rings. The van der Waals surface area contributed by atoms with Crippen LogP contribution in [0.4, 0.5) is 5.69 Å². The summed E-state index contributed by atoms with van der Waals surface area (Å²) >= 11 is 0. The van der Waals surface area contributed by atoms with Gasteiger partial charge in [0.15, 0.2) is 5.96 Å². The first-order valence-electron chi connectivity index (χ1n) is 9.04. The van der Waals surface area contributed by atoms with Crippen molar-refractivity contribution < 1.29 is 0 Å². The van der Waals surface area contributed by atoms with Crippen LogP contribution >= 0.6 is 0 Å². The molecule has 0 amide bonds. The van der Waals surface area contributed by atoms with Crippen molar-refractivity contribution in [3.05, 3.63) is 65.7 Å². The molecule has 132 valence electrons. The van der Waals surface area contributed by atoms with Crippen molar-refractivity contribution >= 4 is 11.6 Å². The Morgan fingerprint density at radius 1 is 1.12 bits per heavy atom. The highest BCUT2D eigenvalue weighted by Crippen LogP contribution is 2.22. The topological polar surface area (TPSA) is 39.7 Å². The second-order valence-electron chi connectivity index (χ2n) is 6.73. The van der Waals surface area contributed by atoms with Crippen LogP contribution in [0.25, 0.3) is 0 Å². The summed E-state index contributed by atoms with van der Waals surface area (Å²) < 4.78 is 0. The molecule has 0 saturated carbocycles. The molecule has 0 aliphatic carbocycles. The van der Waals surface area contributed by atoms with Crippen molar-refractivity contribution in [3.63, 3.8) is 0 Å². The Bertz CT molecular complexity index is 696. The van der Waals surface area contributed by atoms with Crippen LogP contribution in [0.3, 0.4) is 0 Å². The molecule has 1 unspecified atom stereocenters. The lowest BCUT2D eigenvalue weighted by atomic mass is 10.1. The number of nitrogens with zero attached hydrogens (tertiary/aromatic N) is 2. The Kier molecular flexibility index (Phi) is 5.94. The number of benzene rings is 2. The molecule has 0 aromatic heterocycles.